The van der Waals surface area contributed by atoms with Gasteiger partial charge in [0.2, 0.25) is 5.91 Å². The molecule has 5 nitrogen and oxygen atoms in total. The van der Waals surface area contributed by atoms with Crippen molar-refractivity contribution in [3.63, 3.8) is 0 Å². The lowest BCUT2D eigenvalue weighted by Gasteiger charge is -2.14. The van der Waals surface area contributed by atoms with E-state index in [1.54, 1.807) is 27.3 Å². The molecule has 6 heteroatoms. The van der Waals surface area contributed by atoms with Crippen LogP contribution in [0.1, 0.15) is 11.1 Å². The fraction of sp³-hybridized carbons (Fsp3) is 0.400. The van der Waals surface area contributed by atoms with Crippen molar-refractivity contribution >= 4 is 18.3 Å². The lowest BCUT2D eigenvalue weighted by atomic mass is 10.1. The van der Waals surface area contributed by atoms with Gasteiger partial charge in [-0.1, -0.05) is 6.08 Å². The van der Waals surface area contributed by atoms with E-state index in [2.05, 4.69) is 17.2 Å². The van der Waals surface area contributed by atoms with Crippen molar-refractivity contribution in [3.05, 3.63) is 35.9 Å². The molecular weight excluding hydrogens is 292 g/mol. The number of carbonyl (C=O) groups is 1. The smallest absolute Gasteiger partial charge is 0.234 e. The van der Waals surface area contributed by atoms with E-state index in [9.17, 15) is 4.79 Å². The van der Waals surface area contributed by atoms with Crippen LogP contribution in [0.25, 0.3) is 0 Å². The number of amides is 1. The SMILES string of the molecule is C=CCc1cc(CNC(=O)CNC)cc(OC)c1OC.Cl. The van der Waals surface area contributed by atoms with Crippen LogP contribution in [-0.2, 0) is 17.8 Å². The van der Waals surface area contributed by atoms with E-state index in [-0.39, 0.29) is 18.3 Å². The van der Waals surface area contributed by atoms with Gasteiger partial charge in [-0.2, -0.15) is 0 Å². The van der Waals surface area contributed by atoms with E-state index in [4.69, 9.17) is 9.47 Å². The Kier molecular flexibility index (Phi) is 9.25. The lowest BCUT2D eigenvalue weighted by Crippen LogP contribution is -2.31. The Labute approximate surface area is 132 Å². The minimum atomic E-state index is -0.0486. The molecule has 0 aromatic heterocycles. The van der Waals surface area contributed by atoms with Crippen molar-refractivity contribution in [2.45, 2.75) is 13.0 Å². The molecule has 2 N–H and O–H groups in total. The number of ether oxygens (including phenoxy) is 2. The zero-order valence-corrected chi connectivity index (χ0v) is 13.5. The lowest BCUT2D eigenvalue weighted by molar-refractivity contribution is -0.120. The van der Waals surface area contributed by atoms with Crippen molar-refractivity contribution in [1.29, 1.82) is 0 Å². The van der Waals surface area contributed by atoms with Gasteiger partial charge in [0, 0.05) is 12.1 Å². The quantitative estimate of drug-likeness (QED) is 0.717. The first kappa shape index (κ1) is 19.3. The molecule has 1 aromatic rings. The van der Waals surface area contributed by atoms with E-state index in [0.29, 0.717) is 31.0 Å². The third kappa shape index (κ3) is 5.65. The summed E-state index contributed by atoms with van der Waals surface area (Å²) in [6.45, 7) is 4.49. The summed E-state index contributed by atoms with van der Waals surface area (Å²) in [6, 6.07) is 3.85. The Hall–Kier alpha value is -1.72. The molecule has 0 aliphatic heterocycles. The number of carbonyl (C=O) groups excluding carboxylic acids is 1. The van der Waals surface area contributed by atoms with Crippen molar-refractivity contribution in [1.82, 2.24) is 10.6 Å². The third-order valence-electron chi connectivity index (χ3n) is 2.81. The minimum absolute atomic E-state index is 0. The number of benzene rings is 1. The monoisotopic (exact) mass is 314 g/mol. The highest BCUT2D eigenvalue weighted by Gasteiger charge is 2.12. The first-order chi connectivity index (χ1) is 9.65. The maximum atomic E-state index is 11.5. The van der Waals surface area contributed by atoms with E-state index in [1.165, 1.54) is 0 Å². The Bertz CT molecular complexity index is 478. The summed E-state index contributed by atoms with van der Waals surface area (Å²) in [4.78, 5) is 11.5. The van der Waals surface area contributed by atoms with Crippen LogP contribution in [0, 0.1) is 0 Å². The van der Waals surface area contributed by atoms with Gasteiger partial charge in [0.05, 0.1) is 20.8 Å². The first-order valence-electron chi connectivity index (χ1n) is 6.42. The molecule has 1 rings (SSSR count). The number of nitrogens with one attached hydrogen (secondary N) is 2. The summed E-state index contributed by atoms with van der Waals surface area (Å²) in [5.41, 5.74) is 1.95. The zero-order chi connectivity index (χ0) is 15.0. The average molecular weight is 315 g/mol. The fourth-order valence-corrected chi connectivity index (χ4v) is 1.94. The zero-order valence-electron chi connectivity index (χ0n) is 12.7. The summed E-state index contributed by atoms with van der Waals surface area (Å²) in [7, 11) is 4.94. The van der Waals surface area contributed by atoms with E-state index in [1.807, 2.05) is 12.1 Å². The fourth-order valence-electron chi connectivity index (χ4n) is 1.94. The van der Waals surface area contributed by atoms with Crippen LogP contribution < -0.4 is 20.1 Å². The molecule has 0 aliphatic rings. The molecule has 0 heterocycles. The molecule has 0 saturated carbocycles. The summed E-state index contributed by atoms with van der Waals surface area (Å²) in [6.07, 6.45) is 2.48. The van der Waals surface area contributed by atoms with Gasteiger partial charge in [-0.15, -0.1) is 19.0 Å². The van der Waals surface area contributed by atoms with Gasteiger partial charge < -0.3 is 20.1 Å². The second kappa shape index (κ2) is 10.1. The summed E-state index contributed by atoms with van der Waals surface area (Å²) < 4.78 is 10.7. The number of hydrogen-bond donors (Lipinski definition) is 2. The van der Waals surface area contributed by atoms with Crippen LogP contribution in [0.5, 0.6) is 11.5 Å². The predicted octanol–water partition coefficient (Wildman–Crippen LogP) is 1.69. The second-order valence-electron chi connectivity index (χ2n) is 4.29. The molecule has 0 bridgehead atoms. The van der Waals surface area contributed by atoms with Crippen molar-refractivity contribution in [2.24, 2.45) is 0 Å². The molecule has 0 unspecified atom stereocenters. The number of rotatable bonds is 8. The number of hydrogen-bond acceptors (Lipinski definition) is 4. The topological polar surface area (TPSA) is 59.6 Å². The van der Waals surface area contributed by atoms with E-state index in [0.717, 1.165) is 11.1 Å². The van der Waals surface area contributed by atoms with Crippen LogP contribution in [-0.4, -0.2) is 33.7 Å². The van der Waals surface area contributed by atoms with Gasteiger partial charge in [-0.25, -0.2) is 0 Å². The van der Waals surface area contributed by atoms with Crippen LogP contribution >= 0.6 is 12.4 Å². The molecule has 0 atom stereocenters. The predicted molar refractivity (Wildman–Crippen MR) is 86.5 cm³/mol. The van der Waals surface area contributed by atoms with Crippen LogP contribution in [0.2, 0.25) is 0 Å². The molecular formula is C15H23ClN2O3. The normalized spacial score (nSPS) is 9.48. The molecule has 1 aromatic carbocycles. The van der Waals surface area contributed by atoms with Crippen LogP contribution in [0.3, 0.4) is 0 Å². The number of methoxy groups -OCH3 is 2. The summed E-state index contributed by atoms with van der Waals surface area (Å²) in [5.74, 6) is 1.31. The van der Waals surface area contributed by atoms with Crippen LogP contribution in [0.15, 0.2) is 24.8 Å². The standard InChI is InChI=1S/C15H22N2O3.ClH/c1-5-6-12-7-11(9-17-14(18)10-16-2)8-13(19-3)15(12)20-4;/h5,7-8,16H,1,6,9-10H2,2-4H3,(H,17,18);1H. The average Bonchev–Trinajstić information content (AvgIpc) is 2.45. The summed E-state index contributed by atoms with van der Waals surface area (Å²) in [5, 5.41) is 5.64. The molecule has 0 radical (unpaired) electrons. The molecule has 118 valence electrons. The highest BCUT2D eigenvalue weighted by atomic mass is 35.5. The third-order valence-corrected chi connectivity index (χ3v) is 2.81. The number of likely N-dealkylation sites (N-methyl/N-ethyl adjacent to an activating group) is 1. The van der Waals surface area contributed by atoms with Gasteiger partial charge in [0.15, 0.2) is 11.5 Å². The Balaban J connectivity index is 0.00000400. The number of halogens is 1. The van der Waals surface area contributed by atoms with E-state index < -0.39 is 0 Å². The second-order valence-corrected chi connectivity index (χ2v) is 4.29. The van der Waals surface area contributed by atoms with Crippen LogP contribution in [0.4, 0.5) is 0 Å². The Morgan fingerprint density at radius 1 is 1.33 bits per heavy atom. The molecule has 0 saturated heterocycles. The van der Waals surface area contributed by atoms with E-state index >= 15 is 0 Å². The van der Waals surface area contributed by atoms with Gasteiger partial charge in [-0.05, 0) is 31.2 Å². The van der Waals surface area contributed by atoms with Crippen molar-refractivity contribution in [3.8, 4) is 11.5 Å². The molecule has 1 amide bonds. The van der Waals surface area contributed by atoms with Crippen molar-refractivity contribution in [2.75, 3.05) is 27.8 Å². The maximum Gasteiger partial charge on any atom is 0.234 e. The number of allylic oxidation sites excluding steroid dienone is 1. The Morgan fingerprint density at radius 3 is 2.57 bits per heavy atom. The van der Waals surface area contributed by atoms with Gasteiger partial charge in [-0.3, -0.25) is 4.79 Å². The van der Waals surface area contributed by atoms with Gasteiger partial charge in [0.25, 0.3) is 0 Å². The molecule has 0 spiro atoms. The largest absolute Gasteiger partial charge is 0.493 e. The Morgan fingerprint density at radius 2 is 2.05 bits per heavy atom. The van der Waals surface area contributed by atoms with Crippen molar-refractivity contribution < 1.29 is 14.3 Å². The van der Waals surface area contributed by atoms with Gasteiger partial charge >= 0.3 is 0 Å². The molecule has 0 aliphatic carbocycles. The molecule has 21 heavy (non-hydrogen) atoms. The maximum absolute atomic E-state index is 11.5. The van der Waals surface area contributed by atoms with Gasteiger partial charge in [0.1, 0.15) is 0 Å². The first-order valence-corrected chi connectivity index (χ1v) is 6.42. The highest BCUT2D eigenvalue weighted by molar-refractivity contribution is 5.85. The summed E-state index contributed by atoms with van der Waals surface area (Å²) >= 11 is 0. The molecule has 0 fully saturated rings. The highest BCUT2D eigenvalue weighted by Crippen LogP contribution is 2.33. The minimum Gasteiger partial charge on any atom is -0.493 e.